The summed E-state index contributed by atoms with van der Waals surface area (Å²) in [6, 6.07) is 10.6. The summed E-state index contributed by atoms with van der Waals surface area (Å²) < 4.78 is 0. The smallest absolute Gasteiger partial charge is 0.219 e. The molecule has 2 atom stereocenters. The van der Waals surface area contributed by atoms with E-state index in [-0.39, 0.29) is 0 Å². The summed E-state index contributed by atoms with van der Waals surface area (Å²) in [6.07, 6.45) is 4.88. The molecular formula is C13H13N3. The van der Waals surface area contributed by atoms with Gasteiger partial charge < -0.3 is 5.73 Å². The van der Waals surface area contributed by atoms with Crippen molar-refractivity contribution in [1.29, 1.82) is 0 Å². The van der Waals surface area contributed by atoms with Gasteiger partial charge in [0.15, 0.2) is 0 Å². The van der Waals surface area contributed by atoms with Crippen molar-refractivity contribution >= 4 is 5.95 Å². The lowest BCUT2D eigenvalue weighted by atomic mass is 10.1. The zero-order chi connectivity index (χ0) is 11.0. The summed E-state index contributed by atoms with van der Waals surface area (Å²) in [7, 11) is 0. The highest BCUT2D eigenvalue weighted by molar-refractivity contribution is 5.35. The van der Waals surface area contributed by atoms with E-state index in [0.29, 0.717) is 17.8 Å². The molecule has 0 unspecified atom stereocenters. The van der Waals surface area contributed by atoms with Crippen molar-refractivity contribution in [3.8, 4) is 0 Å². The highest BCUT2D eigenvalue weighted by Crippen LogP contribution is 2.54. The number of hydrogen-bond acceptors (Lipinski definition) is 3. The largest absolute Gasteiger partial charge is 0.368 e. The number of anilines is 1. The Kier molecular flexibility index (Phi) is 2.10. The average Bonchev–Trinajstić information content (AvgIpc) is 3.11. The molecule has 3 heteroatoms. The SMILES string of the molecule is Nc1ncc([C@@H]2C[C@H]2c2ccccc2)cn1. The molecule has 3 rings (SSSR count). The van der Waals surface area contributed by atoms with Gasteiger partial charge in [0.2, 0.25) is 5.95 Å². The van der Waals surface area contributed by atoms with Crippen LogP contribution in [0.15, 0.2) is 42.7 Å². The van der Waals surface area contributed by atoms with Crippen LogP contribution >= 0.6 is 0 Å². The predicted octanol–water partition coefficient (Wildman–Crippen LogP) is 2.33. The second-order valence-corrected chi connectivity index (χ2v) is 4.23. The van der Waals surface area contributed by atoms with Gasteiger partial charge in [-0.25, -0.2) is 9.97 Å². The Bertz CT molecular complexity index is 478. The van der Waals surface area contributed by atoms with Gasteiger partial charge in [-0.2, -0.15) is 0 Å². The van der Waals surface area contributed by atoms with Gasteiger partial charge >= 0.3 is 0 Å². The summed E-state index contributed by atoms with van der Waals surface area (Å²) in [5.41, 5.74) is 8.07. The maximum Gasteiger partial charge on any atom is 0.219 e. The summed E-state index contributed by atoms with van der Waals surface area (Å²) in [4.78, 5) is 8.07. The van der Waals surface area contributed by atoms with Crippen molar-refractivity contribution in [3.63, 3.8) is 0 Å². The molecular weight excluding hydrogens is 198 g/mol. The summed E-state index contributed by atoms with van der Waals surface area (Å²) >= 11 is 0. The van der Waals surface area contributed by atoms with E-state index in [0.717, 1.165) is 0 Å². The molecule has 1 fully saturated rings. The van der Waals surface area contributed by atoms with Crippen LogP contribution < -0.4 is 5.73 Å². The van der Waals surface area contributed by atoms with Crippen molar-refractivity contribution in [3.05, 3.63) is 53.9 Å². The van der Waals surface area contributed by atoms with Gasteiger partial charge in [-0.1, -0.05) is 30.3 Å². The molecule has 0 aliphatic heterocycles. The van der Waals surface area contributed by atoms with Gasteiger partial charge in [-0.3, -0.25) is 0 Å². The second-order valence-electron chi connectivity index (χ2n) is 4.23. The molecule has 80 valence electrons. The van der Waals surface area contributed by atoms with Crippen LogP contribution in [0.25, 0.3) is 0 Å². The number of nitrogens with two attached hydrogens (primary N) is 1. The number of rotatable bonds is 2. The maximum atomic E-state index is 5.47. The van der Waals surface area contributed by atoms with E-state index >= 15 is 0 Å². The zero-order valence-electron chi connectivity index (χ0n) is 8.88. The predicted molar refractivity (Wildman–Crippen MR) is 63.0 cm³/mol. The van der Waals surface area contributed by atoms with Gasteiger partial charge in [-0.05, 0) is 29.4 Å². The van der Waals surface area contributed by atoms with E-state index < -0.39 is 0 Å². The highest BCUT2D eigenvalue weighted by Gasteiger charge is 2.39. The van der Waals surface area contributed by atoms with Crippen LogP contribution in [0.2, 0.25) is 0 Å². The quantitative estimate of drug-likeness (QED) is 0.829. The van der Waals surface area contributed by atoms with Gasteiger partial charge in [0, 0.05) is 12.4 Å². The van der Waals surface area contributed by atoms with Gasteiger partial charge in [-0.15, -0.1) is 0 Å². The Balaban J connectivity index is 1.79. The number of nitrogen functional groups attached to an aromatic ring is 1. The zero-order valence-corrected chi connectivity index (χ0v) is 8.88. The van der Waals surface area contributed by atoms with Crippen molar-refractivity contribution < 1.29 is 0 Å². The van der Waals surface area contributed by atoms with Crippen LogP contribution in [0.4, 0.5) is 5.95 Å². The van der Waals surface area contributed by atoms with Gasteiger partial charge in [0.05, 0.1) is 0 Å². The molecule has 0 spiro atoms. The molecule has 0 saturated heterocycles. The van der Waals surface area contributed by atoms with Crippen molar-refractivity contribution in [2.24, 2.45) is 0 Å². The van der Waals surface area contributed by atoms with Gasteiger partial charge in [0.1, 0.15) is 0 Å². The van der Waals surface area contributed by atoms with E-state index in [1.165, 1.54) is 17.5 Å². The second kappa shape index (κ2) is 3.59. The van der Waals surface area contributed by atoms with E-state index in [9.17, 15) is 0 Å². The topological polar surface area (TPSA) is 51.8 Å². The van der Waals surface area contributed by atoms with Gasteiger partial charge in [0.25, 0.3) is 0 Å². The molecule has 0 bridgehead atoms. The summed E-state index contributed by atoms with van der Waals surface area (Å²) in [5, 5.41) is 0. The molecule has 1 aromatic heterocycles. The lowest BCUT2D eigenvalue weighted by Gasteiger charge is -2.00. The lowest BCUT2D eigenvalue weighted by molar-refractivity contribution is 0.989. The third kappa shape index (κ3) is 1.65. The number of nitrogens with zero attached hydrogens (tertiary/aromatic N) is 2. The Morgan fingerprint density at radius 2 is 1.56 bits per heavy atom. The molecule has 1 saturated carbocycles. The van der Waals surface area contributed by atoms with Crippen LogP contribution in [0.5, 0.6) is 0 Å². The molecule has 3 nitrogen and oxygen atoms in total. The first-order valence-corrected chi connectivity index (χ1v) is 5.47. The third-order valence-corrected chi connectivity index (χ3v) is 3.14. The summed E-state index contributed by atoms with van der Waals surface area (Å²) in [6.45, 7) is 0. The fraction of sp³-hybridized carbons (Fsp3) is 0.231. The Hall–Kier alpha value is -1.90. The molecule has 2 aromatic rings. The maximum absolute atomic E-state index is 5.47. The van der Waals surface area contributed by atoms with Crippen molar-refractivity contribution in [2.75, 3.05) is 5.73 Å². The first-order valence-electron chi connectivity index (χ1n) is 5.47. The molecule has 2 N–H and O–H groups in total. The number of hydrogen-bond donors (Lipinski definition) is 1. The minimum Gasteiger partial charge on any atom is -0.368 e. The van der Waals surface area contributed by atoms with Crippen LogP contribution in [-0.2, 0) is 0 Å². The fourth-order valence-corrected chi connectivity index (χ4v) is 2.17. The van der Waals surface area contributed by atoms with Crippen LogP contribution in [0, 0.1) is 0 Å². The first-order chi connectivity index (χ1) is 7.84. The summed E-state index contributed by atoms with van der Waals surface area (Å²) in [5.74, 6) is 1.55. The third-order valence-electron chi connectivity index (χ3n) is 3.14. The van der Waals surface area contributed by atoms with Crippen molar-refractivity contribution in [2.45, 2.75) is 18.3 Å². The van der Waals surface area contributed by atoms with Crippen LogP contribution in [-0.4, -0.2) is 9.97 Å². The van der Waals surface area contributed by atoms with E-state index in [2.05, 4.69) is 34.2 Å². The standard InChI is InChI=1S/C13H13N3/c14-13-15-7-10(8-16-13)12-6-11(12)9-4-2-1-3-5-9/h1-5,7-8,11-12H,6H2,(H2,14,15,16)/t11-,12-/m0/s1. The normalized spacial score (nSPS) is 23.0. The molecule has 0 radical (unpaired) electrons. The van der Waals surface area contributed by atoms with E-state index in [1.807, 2.05) is 18.5 Å². The number of benzene rings is 1. The molecule has 0 amide bonds. The lowest BCUT2D eigenvalue weighted by Crippen LogP contribution is -1.95. The Morgan fingerprint density at radius 3 is 2.25 bits per heavy atom. The monoisotopic (exact) mass is 211 g/mol. The molecule has 1 aliphatic rings. The minimum atomic E-state index is 0.348. The van der Waals surface area contributed by atoms with Crippen LogP contribution in [0.1, 0.15) is 29.4 Å². The molecule has 1 aromatic carbocycles. The fourth-order valence-electron chi connectivity index (χ4n) is 2.17. The highest BCUT2D eigenvalue weighted by atomic mass is 15.0. The molecule has 1 aliphatic carbocycles. The van der Waals surface area contributed by atoms with Crippen LogP contribution in [0.3, 0.4) is 0 Å². The first kappa shape index (κ1) is 9.33. The average molecular weight is 211 g/mol. The molecule has 16 heavy (non-hydrogen) atoms. The van der Waals surface area contributed by atoms with Crippen molar-refractivity contribution in [1.82, 2.24) is 9.97 Å². The molecule has 1 heterocycles. The number of aromatic nitrogens is 2. The Labute approximate surface area is 94.4 Å². The minimum absolute atomic E-state index is 0.348. The Morgan fingerprint density at radius 1 is 0.938 bits per heavy atom. The van der Waals surface area contributed by atoms with E-state index in [1.54, 1.807) is 0 Å². The van der Waals surface area contributed by atoms with E-state index in [4.69, 9.17) is 5.73 Å².